The molecule has 1 rings (SSSR count). The van der Waals surface area contributed by atoms with Gasteiger partial charge in [0.2, 0.25) is 11.8 Å². The number of likely N-dealkylation sites (N-methyl/N-ethyl adjacent to an activating group) is 1. The molecule has 0 aromatic heterocycles. The summed E-state index contributed by atoms with van der Waals surface area (Å²) in [6.07, 6.45) is 3.72. The van der Waals surface area contributed by atoms with Gasteiger partial charge < -0.3 is 16.0 Å². The van der Waals surface area contributed by atoms with Crippen molar-refractivity contribution in [3.63, 3.8) is 0 Å². The van der Waals surface area contributed by atoms with Crippen molar-refractivity contribution in [1.29, 1.82) is 0 Å². The second-order valence-corrected chi connectivity index (χ2v) is 4.06. The first-order valence-electron chi connectivity index (χ1n) is 5.99. The third-order valence-electron chi connectivity index (χ3n) is 2.70. The third-order valence-corrected chi connectivity index (χ3v) is 2.70. The molecule has 0 bridgehead atoms. The zero-order chi connectivity index (χ0) is 11.8. The molecular formula is C11H21N3O2. The Kier molecular flexibility index (Phi) is 5.85. The molecule has 5 heteroatoms. The van der Waals surface area contributed by atoms with Crippen molar-refractivity contribution >= 4 is 11.8 Å². The number of carbonyl (C=O) groups excluding carboxylic acids is 2. The largest absolute Gasteiger partial charge is 0.355 e. The van der Waals surface area contributed by atoms with Crippen LogP contribution < -0.4 is 16.0 Å². The normalized spacial score (nSPS) is 19.4. The fraction of sp³-hybridized carbons (Fsp3) is 0.818. The lowest BCUT2D eigenvalue weighted by molar-refractivity contribution is -0.126. The van der Waals surface area contributed by atoms with Crippen LogP contribution >= 0.6 is 0 Å². The molecule has 0 spiro atoms. The van der Waals surface area contributed by atoms with Gasteiger partial charge in [-0.1, -0.05) is 0 Å². The second kappa shape index (κ2) is 7.22. The summed E-state index contributed by atoms with van der Waals surface area (Å²) in [6.45, 7) is 3.60. The van der Waals surface area contributed by atoms with Crippen molar-refractivity contribution in [1.82, 2.24) is 16.0 Å². The lowest BCUT2D eigenvalue weighted by atomic mass is 10.1. The van der Waals surface area contributed by atoms with Crippen LogP contribution in [0, 0.1) is 0 Å². The fourth-order valence-electron chi connectivity index (χ4n) is 1.84. The molecule has 1 aliphatic heterocycles. The molecule has 0 aromatic rings. The van der Waals surface area contributed by atoms with E-state index >= 15 is 0 Å². The van der Waals surface area contributed by atoms with Gasteiger partial charge in [0.1, 0.15) is 0 Å². The fourth-order valence-corrected chi connectivity index (χ4v) is 1.84. The zero-order valence-corrected chi connectivity index (χ0v) is 9.84. The van der Waals surface area contributed by atoms with E-state index in [1.54, 1.807) is 0 Å². The summed E-state index contributed by atoms with van der Waals surface area (Å²) in [6, 6.07) is 0.482. The maximum absolute atomic E-state index is 11.4. The van der Waals surface area contributed by atoms with E-state index in [1.807, 2.05) is 6.92 Å². The average Bonchev–Trinajstić information content (AvgIpc) is 2.77. The molecule has 0 aliphatic carbocycles. The summed E-state index contributed by atoms with van der Waals surface area (Å²) in [4.78, 5) is 22.5. The Balaban J connectivity index is 2.04. The predicted octanol–water partition coefficient (Wildman–Crippen LogP) is -0.229. The molecular weight excluding hydrogens is 206 g/mol. The Hall–Kier alpha value is -1.10. The lowest BCUT2D eigenvalue weighted by Gasteiger charge is -2.09. The molecule has 0 radical (unpaired) electrons. The summed E-state index contributed by atoms with van der Waals surface area (Å²) in [5, 5.41) is 8.58. The van der Waals surface area contributed by atoms with Gasteiger partial charge in [0, 0.05) is 19.0 Å². The first-order chi connectivity index (χ1) is 7.72. The highest BCUT2D eigenvalue weighted by molar-refractivity contribution is 5.84. The minimum Gasteiger partial charge on any atom is -0.355 e. The number of rotatable bonds is 6. The molecule has 5 nitrogen and oxygen atoms in total. The van der Waals surface area contributed by atoms with Crippen LogP contribution in [0.25, 0.3) is 0 Å². The van der Waals surface area contributed by atoms with Crippen molar-refractivity contribution in [2.24, 2.45) is 0 Å². The maximum atomic E-state index is 11.4. The van der Waals surface area contributed by atoms with E-state index < -0.39 is 0 Å². The Morgan fingerprint density at radius 3 is 2.75 bits per heavy atom. The van der Waals surface area contributed by atoms with E-state index in [1.165, 1.54) is 6.42 Å². The summed E-state index contributed by atoms with van der Waals surface area (Å²) in [5.74, 6) is -0.171. The molecule has 1 fully saturated rings. The standard InChI is InChI=1S/C11H21N3O2/c1-2-12-11(16)8-14-10(15)6-5-9-4-3-7-13-9/h9,13H,2-8H2,1H3,(H,12,16)(H,14,15). The van der Waals surface area contributed by atoms with Crippen LogP contribution in [0.4, 0.5) is 0 Å². The lowest BCUT2D eigenvalue weighted by Crippen LogP contribution is -2.37. The maximum Gasteiger partial charge on any atom is 0.239 e. The SMILES string of the molecule is CCNC(=O)CNC(=O)CCC1CCCN1. The number of hydrogen-bond donors (Lipinski definition) is 3. The van der Waals surface area contributed by atoms with Gasteiger partial charge in [-0.25, -0.2) is 0 Å². The van der Waals surface area contributed by atoms with E-state index in [-0.39, 0.29) is 18.4 Å². The highest BCUT2D eigenvalue weighted by atomic mass is 16.2. The molecule has 1 heterocycles. The predicted molar refractivity (Wildman–Crippen MR) is 62.0 cm³/mol. The van der Waals surface area contributed by atoms with Crippen molar-refractivity contribution in [2.45, 2.75) is 38.6 Å². The van der Waals surface area contributed by atoms with Crippen LogP contribution in [0.3, 0.4) is 0 Å². The smallest absolute Gasteiger partial charge is 0.239 e. The Bertz CT molecular complexity index is 237. The van der Waals surface area contributed by atoms with Crippen molar-refractivity contribution in [3.05, 3.63) is 0 Å². The highest BCUT2D eigenvalue weighted by Crippen LogP contribution is 2.10. The Morgan fingerprint density at radius 2 is 2.12 bits per heavy atom. The van der Waals surface area contributed by atoms with E-state index in [9.17, 15) is 9.59 Å². The Morgan fingerprint density at radius 1 is 1.31 bits per heavy atom. The molecule has 1 aliphatic rings. The van der Waals surface area contributed by atoms with E-state index in [4.69, 9.17) is 0 Å². The summed E-state index contributed by atoms with van der Waals surface area (Å²) in [5.41, 5.74) is 0. The monoisotopic (exact) mass is 227 g/mol. The molecule has 0 aromatic carbocycles. The second-order valence-electron chi connectivity index (χ2n) is 4.06. The first kappa shape index (κ1) is 13.0. The highest BCUT2D eigenvalue weighted by Gasteiger charge is 2.15. The summed E-state index contributed by atoms with van der Waals surface area (Å²) < 4.78 is 0. The van der Waals surface area contributed by atoms with Gasteiger partial charge >= 0.3 is 0 Å². The molecule has 1 atom stereocenters. The van der Waals surface area contributed by atoms with Crippen molar-refractivity contribution in [3.8, 4) is 0 Å². The van der Waals surface area contributed by atoms with Crippen LogP contribution in [0.5, 0.6) is 0 Å². The molecule has 3 N–H and O–H groups in total. The molecule has 0 saturated carbocycles. The number of carbonyl (C=O) groups is 2. The van der Waals surface area contributed by atoms with Gasteiger partial charge in [0.05, 0.1) is 6.54 Å². The number of amides is 2. The number of hydrogen-bond acceptors (Lipinski definition) is 3. The minimum atomic E-state index is -0.130. The van der Waals surface area contributed by atoms with Crippen LogP contribution in [-0.4, -0.2) is 37.5 Å². The molecule has 1 unspecified atom stereocenters. The molecule has 16 heavy (non-hydrogen) atoms. The van der Waals surface area contributed by atoms with Crippen molar-refractivity contribution in [2.75, 3.05) is 19.6 Å². The zero-order valence-electron chi connectivity index (χ0n) is 9.84. The quantitative estimate of drug-likeness (QED) is 0.587. The third kappa shape index (κ3) is 5.11. The molecule has 1 saturated heterocycles. The average molecular weight is 227 g/mol. The molecule has 2 amide bonds. The van der Waals surface area contributed by atoms with Gasteiger partial charge in [0.15, 0.2) is 0 Å². The van der Waals surface area contributed by atoms with E-state index in [2.05, 4.69) is 16.0 Å². The summed E-state index contributed by atoms with van der Waals surface area (Å²) in [7, 11) is 0. The van der Waals surface area contributed by atoms with E-state index in [0.29, 0.717) is 19.0 Å². The van der Waals surface area contributed by atoms with Gasteiger partial charge in [-0.15, -0.1) is 0 Å². The van der Waals surface area contributed by atoms with Crippen LogP contribution in [0.15, 0.2) is 0 Å². The molecule has 92 valence electrons. The van der Waals surface area contributed by atoms with Gasteiger partial charge in [-0.2, -0.15) is 0 Å². The van der Waals surface area contributed by atoms with Crippen molar-refractivity contribution < 1.29 is 9.59 Å². The Labute approximate surface area is 96.4 Å². The van der Waals surface area contributed by atoms with Crippen LogP contribution in [0.1, 0.15) is 32.6 Å². The van der Waals surface area contributed by atoms with Crippen LogP contribution in [0.2, 0.25) is 0 Å². The van der Waals surface area contributed by atoms with E-state index in [0.717, 1.165) is 19.4 Å². The van der Waals surface area contributed by atoms with Gasteiger partial charge in [-0.3, -0.25) is 9.59 Å². The topological polar surface area (TPSA) is 70.2 Å². The minimum absolute atomic E-state index is 0.0417. The van der Waals surface area contributed by atoms with Gasteiger partial charge in [0.25, 0.3) is 0 Å². The number of nitrogens with one attached hydrogen (secondary N) is 3. The van der Waals surface area contributed by atoms with Gasteiger partial charge in [-0.05, 0) is 32.7 Å². The van der Waals surface area contributed by atoms with Crippen LogP contribution in [-0.2, 0) is 9.59 Å². The first-order valence-corrected chi connectivity index (χ1v) is 5.99. The summed E-state index contributed by atoms with van der Waals surface area (Å²) >= 11 is 0.